The molecule has 1 aromatic carbocycles. The van der Waals surface area contributed by atoms with Gasteiger partial charge in [-0.3, -0.25) is 15.0 Å². The topological polar surface area (TPSA) is 105 Å². The lowest BCUT2D eigenvalue weighted by Crippen LogP contribution is -2.52. The van der Waals surface area contributed by atoms with Crippen LogP contribution in [0, 0.1) is 0 Å². The summed E-state index contributed by atoms with van der Waals surface area (Å²) in [6, 6.07) is 5.33. The highest BCUT2D eigenvalue weighted by atomic mass is 32.2. The van der Waals surface area contributed by atoms with Gasteiger partial charge in [0.2, 0.25) is 5.91 Å². The first kappa shape index (κ1) is 23.9. The number of imide groups is 1. The fourth-order valence-corrected chi connectivity index (χ4v) is 2.94. The molecule has 8 nitrogen and oxygen atoms in total. The third-order valence-corrected chi connectivity index (χ3v) is 5.03. The van der Waals surface area contributed by atoms with Crippen LogP contribution in [0.1, 0.15) is 34.1 Å². The normalized spacial score (nSPS) is 13.1. The van der Waals surface area contributed by atoms with Crippen LogP contribution in [-0.2, 0) is 14.6 Å². The van der Waals surface area contributed by atoms with Crippen molar-refractivity contribution in [3.05, 3.63) is 24.3 Å². The van der Waals surface area contributed by atoms with E-state index in [4.69, 9.17) is 4.74 Å². The van der Waals surface area contributed by atoms with Gasteiger partial charge in [-0.15, -0.1) is 0 Å². The molecule has 0 fully saturated rings. The van der Waals surface area contributed by atoms with E-state index in [0.29, 0.717) is 25.3 Å². The first-order valence-electron chi connectivity index (χ1n) is 9.06. The molecule has 9 heteroatoms. The molecule has 0 aliphatic rings. The number of amides is 3. The Morgan fingerprint density at radius 2 is 1.89 bits per heavy atom. The van der Waals surface area contributed by atoms with Gasteiger partial charge in [0.05, 0.1) is 17.5 Å². The zero-order valence-corrected chi connectivity index (χ0v) is 18.2. The average Bonchev–Trinajstić information content (AvgIpc) is 2.55. The number of hydrogen-bond acceptors (Lipinski definition) is 6. The summed E-state index contributed by atoms with van der Waals surface area (Å²) < 4.78 is 28.7. The Bertz CT molecular complexity index is 787. The van der Waals surface area contributed by atoms with Crippen molar-refractivity contribution in [2.24, 2.45) is 0 Å². The maximum absolute atomic E-state index is 12.2. The summed E-state index contributed by atoms with van der Waals surface area (Å²) in [5.74, 6) is 0.0984. The van der Waals surface area contributed by atoms with E-state index in [2.05, 4.69) is 10.6 Å². The molecule has 1 unspecified atom stereocenters. The Morgan fingerprint density at radius 1 is 1.25 bits per heavy atom. The number of sulfone groups is 1. The van der Waals surface area contributed by atoms with Gasteiger partial charge < -0.3 is 10.1 Å². The standard InChI is InChI=1S/C19H31N3O5S/c1-14(17(23)20-18(24)21-19(2,3)4)22(5)11-8-12-27-15-9-7-10-16(13-15)28(6,25)26/h7,9-10,13-14H,8,11-12H2,1-6H3,(H2,20,21,23,24). The monoisotopic (exact) mass is 413 g/mol. The van der Waals surface area contributed by atoms with E-state index in [-0.39, 0.29) is 10.8 Å². The van der Waals surface area contributed by atoms with Crippen molar-refractivity contribution >= 4 is 21.8 Å². The Labute approximate surface area is 167 Å². The van der Waals surface area contributed by atoms with Crippen molar-refractivity contribution in [3.8, 4) is 5.75 Å². The zero-order valence-electron chi connectivity index (χ0n) is 17.4. The van der Waals surface area contributed by atoms with Crippen molar-refractivity contribution < 1.29 is 22.7 Å². The summed E-state index contributed by atoms with van der Waals surface area (Å²) in [6.45, 7) is 8.16. The second kappa shape index (κ2) is 9.88. The van der Waals surface area contributed by atoms with Gasteiger partial charge in [0, 0.05) is 18.3 Å². The maximum Gasteiger partial charge on any atom is 0.321 e. The van der Waals surface area contributed by atoms with Crippen molar-refractivity contribution in [1.82, 2.24) is 15.5 Å². The molecule has 1 atom stereocenters. The second-order valence-corrected chi connectivity index (χ2v) is 9.81. The van der Waals surface area contributed by atoms with Gasteiger partial charge in [-0.1, -0.05) is 6.07 Å². The molecule has 0 radical (unpaired) electrons. The minimum Gasteiger partial charge on any atom is -0.494 e. The molecule has 28 heavy (non-hydrogen) atoms. The first-order chi connectivity index (χ1) is 12.8. The van der Waals surface area contributed by atoms with Crippen LogP contribution in [-0.4, -0.2) is 63.3 Å². The predicted molar refractivity (Wildman–Crippen MR) is 108 cm³/mol. The number of nitrogens with zero attached hydrogens (tertiary/aromatic N) is 1. The van der Waals surface area contributed by atoms with Crippen LogP contribution in [0.25, 0.3) is 0 Å². The minimum absolute atomic E-state index is 0.209. The van der Waals surface area contributed by atoms with E-state index < -0.39 is 27.4 Å². The number of carbonyl (C=O) groups is 2. The van der Waals surface area contributed by atoms with E-state index >= 15 is 0 Å². The van der Waals surface area contributed by atoms with Crippen LogP contribution in [0.3, 0.4) is 0 Å². The molecular weight excluding hydrogens is 382 g/mol. The molecular formula is C19H31N3O5S. The third-order valence-electron chi connectivity index (χ3n) is 3.92. The molecule has 2 N–H and O–H groups in total. The lowest BCUT2D eigenvalue weighted by molar-refractivity contribution is -0.124. The third kappa shape index (κ3) is 8.71. The maximum atomic E-state index is 12.2. The predicted octanol–water partition coefficient (Wildman–Crippen LogP) is 1.80. The number of nitrogens with one attached hydrogen (secondary N) is 2. The lowest BCUT2D eigenvalue weighted by Gasteiger charge is -2.25. The van der Waals surface area contributed by atoms with Crippen LogP contribution >= 0.6 is 0 Å². The molecule has 1 aromatic rings. The smallest absolute Gasteiger partial charge is 0.321 e. The fourth-order valence-electron chi connectivity index (χ4n) is 2.28. The van der Waals surface area contributed by atoms with E-state index in [1.54, 1.807) is 26.1 Å². The summed E-state index contributed by atoms with van der Waals surface area (Å²) in [4.78, 5) is 26.0. The molecule has 0 spiro atoms. The van der Waals surface area contributed by atoms with Crippen LogP contribution in [0.5, 0.6) is 5.75 Å². The van der Waals surface area contributed by atoms with Gasteiger partial charge in [-0.05, 0) is 59.4 Å². The fraction of sp³-hybridized carbons (Fsp3) is 0.579. The van der Waals surface area contributed by atoms with Crippen LogP contribution in [0.4, 0.5) is 4.79 Å². The number of carbonyl (C=O) groups excluding carboxylic acids is 2. The molecule has 0 aliphatic carbocycles. The molecule has 0 heterocycles. The molecule has 0 bridgehead atoms. The Kier molecular flexibility index (Phi) is 8.44. The van der Waals surface area contributed by atoms with Gasteiger partial charge in [0.25, 0.3) is 0 Å². The van der Waals surface area contributed by atoms with Crippen molar-refractivity contribution in [2.45, 2.75) is 50.6 Å². The average molecular weight is 414 g/mol. The van der Waals surface area contributed by atoms with Crippen molar-refractivity contribution in [1.29, 1.82) is 0 Å². The number of hydrogen-bond donors (Lipinski definition) is 2. The summed E-state index contributed by atoms with van der Waals surface area (Å²) in [7, 11) is -1.49. The molecule has 3 amide bonds. The molecule has 0 saturated heterocycles. The Balaban J connectivity index is 2.42. The highest BCUT2D eigenvalue weighted by Crippen LogP contribution is 2.17. The van der Waals surface area contributed by atoms with Crippen LogP contribution in [0.15, 0.2) is 29.2 Å². The van der Waals surface area contributed by atoms with E-state index in [9.17, 15) is 18.0 Å². The SMILES string of the molecule is CC(C(=O)NC(=O)NC(C)(C)C)N(C)CCCOc1cccc(S(C)(=O)=O)c1. The van der Waals surface area contributed by atoms with Gasteiger partial charge >= 0.3 is 6.03 Å². The van der Waals surface area contributed by atoms with Crippen molar-refractivity contribution in [3.63, 3.8) is 0 Å². The summed E-state index contributed by atoms with van der Waals surface area (Å²) in [6.07, 6.45) is 1.78. The van der Waals surface area contributed by atoms with Gasteiger partial charge in [0.15, 0.2) is 9.84 Å². The Morgan fingerprint density at radius 3 is 2.46 bits per heavy atom. The number of benzene rings is 1. The zero-order chi connectivity index (χ0) is 21.5. The van der Waals surface area contributed by atoms with Crippen molar-refractivity contribution in [2.75, 3.05) is 26.5 Å². The number of ether oxygens (including phenoxy) is 1. The van der Waals surface area contributed by atoms with Crippen LogP contribution in [0.2, 0.25) is 0 Å². The molecule has 0 aromatic heterocycles. The summed E-state index contributed by atoms with van der Waals surface area (Å²) in [5.41, 5.74) is -0.425. The summed E-state index contributed by atoms with van der Waals surface area (Å²) >= 11 is 0. The van der Waals surface area contributed by atoms with Gasteiger partial charge in [-0.2, -0.15) is 0 Å². The highest BCUT2D eigenvalue weighted by Gasteiger charge is 2.21. The van der Waals surface area contributed by atoms with E-state index in [1.165, 1.54) is 12.1 Å². The number of likely N-dealkylation sites (N-methyl/N-ethyl adjacent to an activating group) is 1. The van der Waals surface area contributed by atoms with E-state index in [0.717, 1.165) is 6.26 Å². The van der Waals surface area contributed by atoms with Gasteiger partial charge in [0.1, 0.15) is 5.75 Å². The van der Waals surface area contributed by atoms with Gasteiger partial charge in [-0.25, -0.2) is 13.2 Å². The Hall–Kier alpha value is -2.13. The first-order valence-corrected chi connectivity index (χ1v) is 10.9. The minimum atomic E-state index is -3.28. The highest BCUT2D eigenvalue weighted by molar-refractivity contribution is 7.90. The second-order valence-electron chi connectivity index (χ2n) is 7.80. The van der Waals surface area contributed by atoms with E-state index in [1.807, 2.05) is 25.7 Å². The largest absolute Gasteiger partial charge is 0.494 e. The summed E-state index contributed by atoms with van der Waals surface area (Å²) in [5, 5.41) is 5.01. The molecule has 158 valence electrons. The molecule has 0 saturated carbocycles. The number of urea groups is 1. The number of rotatable bonds is 8. The quantitative estimate of drug-likeness (QED) is 0.630. The lowest BCUT2D eigenvalue weighted by atomic mass is 10.1. The molecule has 1 rings (SSSR count). The molecule has 0 aliphatic heterocycles. The van der Waals surface area contributed by atoms with Crippen LogP contribution < -0.4 is 15.4 Å².